The Kier molecular flexibility index (Phi) is 4.84. The maximum atomic E-state index is 11.9. The van der Waals surface area contributed by atoms with Gasteiger partial charge in [-0.15, -0.1) is 0 Å². The minimum Gasteiger partial charge on any atom is -0.382 e. The predicted molar refractivity (Wildman–Crippen MR) is 75.8 cm³/mol. The van der Waals surface area contributed by atoms with E-state index in [2.05, 4.69) is 15.3 Å². The number of amides is 1. The van der Waals surface area contributed by atoms with Crippen molar-refractivity contribution in [2.45, 2.75) is 13.3 Å². The predicted octanol–water partition coefficient (Wildman–Crippen LogP) is 1.08. The summed E-state index contributed by atoms with van der Waals surface area (Å²) in [5.74, 6) is -0.352. The van der Waals surface area contributed by atoms with Crippen molar-refractivity contribution in [3.63, 3.8) is 0 Å². The molecule has 0 bridgehead atoms. The lowest BCUT2D eigenvalue weighted by atomic mass is 10.2. The molecule has 1 heterocycles. The first-order valence-electron chi connectivity index (χ1n) is 6.57. The van der Waals surface area contributed by atoms with Crippen molar-refractivity contribution >= 4 is 16.8 Å². The van der Waals surface area contributed by atoms with E-state index in [1.165, 1.54) is 0 Å². The number of nitrogens with zero attached hydrogens (tertiary/aromatic N) is 1. The largest absolute Gasteiger partial charge is 0.382 e. The number of aromatic nitrogens is 2. The third-order valence-corrected chi connectivity index (χ3v) is 2.78. The van der Waals surface area contributed by atoms with E-state index < -0.39 is 0 Å². The summed E-state index contributed by atoms with van der Waals surface area (Å²) < 4.78 is 5.17. The van der Waals surface area contributed by atoms with Crippen LogP contribution in [0.2, 0.25) is 0 Å². The molecule has 106 valence electrons. The van der Waals surface area contributed by atoms with Crippen molar-refractivity contribution in [2.75, 3.05) is 19.8 Å². The standard InChI is InChI=1S/C14H17N3O3/c1-2-20-9-5-8-15-14(19)12-16-11-7-4-3-6-10(11)13(18)17-12/h3-4,6-7H,2,5,8-9H2,1H3,(H,15,19)(H,16,17,18). The number of rotatable bonds is 6. The summed E-state index contributed by atoms with van der Waals surface area (Å²) in [6.07, 6.45) is 0.720. The number of para-hydroxylation sites is 1. The van der Waals surface area contributed by atoms with Gasteiger partial charge in [-0.3, -0.25) is 9.59 Å². The Morgan fingerprint density at radius 2 is 2.20 bits per heavy atom. The van der Waals surface area contributed by atoms with Gasteiger partial charge in [0.1, 0.15) is 0 Å². The molecule has 0 saturated heterocycles. The fourth-order valence-corrected chi connectivity index (χ4v) is 1.80. The lowest BCUT2D eigenvalue weighted by molar-refractivity contribution is 0.0934. The van der Waals surface area contributed by atoms with Crippen molar-refractivity contribution in [2.24, 2.45) is 0 Å². The molecule has 0 unspecified atom stereocenters. The monoisotopic (exact) mass is 275 g/mol. The first-order valence-corrected chi connectivity index (χ1v) is 6.57. The molecule has 2 N–H and O–H groups in total. The average molecular weight is 275 g/mol. The van der Waals surface area contributed by atoms with Crippen molar-refractivity contribution in [1.82, 2.24) is 15.3 Å². The zero-order valence-corrected chi connectivity index (χ0v) is 11.3. The Morgan fingerprint density at radius 3 is 3.00 bits per heavy atom. The highest BCUT2D eigenvalue weighted by molar-refractivity contribution is 5.92. The van der Waals surface area contributed by atoms with Crippen molar-refractivity contribution in [3.05, 3.63) is 40.4 Å². The molecular formula is C14H17N3O3. The fraction of sp³-hybridized carbons (Fsp3) is 0.357. The number of carbonyl (C=O) groups is 1. The summed E-state index contributed by atoms with van der Waals surface area (Å²) in [7, 11) is 0. The van der Waals surface area contributed by atoms with E-state index in [4.69, 9.17) is 4.74 Å². The topological polar surface area (TPSA) is 84.1 Å². The van der Waals surface area contributed by atoms with Gasteiger partial charge in [0.25, 0.3) is 11.5 Å². The maximum absolute atomic E-state index is 11.9. The maximum Gasteiger partial charge on any atom is 0.287 e. The molecule has 0 atom stereocenters. The van der Waals surface area contributed by atoms with Crippen LogP contribution in [0.25, 0.3) is 10.9 Å². The van der Waals surface area contributed by atoms with Crippen LogP contribution in [-0.2, 0) is 4.74 Å². The molecule has 20 heavy (non-hydrogen) atoms. The van der Waals surface area contributed by atoms with Gasteiger partial charge in [-0.25, -0.2) is 4.98 Å². The van der Waals surface area contributed by atoms with Gasteiger partial charge < -0.3 is 15.0 Å². The van der Waals surface area contributed by atoms with Crippen LogP contribution in [0.1, 0.15) is 24.0 Å². The second kappa shape index (κ2) is 6.81. The molecule has 0 spiro atoms. The van der Waals surface area contributed by atoms with Crippen LogP contribution in [-0.4, -0.2) is 35.6 Å². The second-order valence-corrected chi connectivity index (χ2v) is 4.24. The van der Waals surface area contributed by atoms with E-state index >= 15 is 0 Å². The minimum atomic E-state index is -0.385. The molecule has 6 heteroatoms. The smallest absolute Gasteiger partial charge is 0.287 e. The van der Waals surface area contributed by atoms with Gasteiger partial charge in [0, 0.05) is 19.8 Å². The van der Waals surface area contributed by atoms with Crippen LogP contribution in [0.4, 0.5) is 0 Å². The number of carbonyl (C=O) groups excluding carboxylic acids is 1. The van der Waals surface area contributed by atoms with Crippen molar-refractivity contribution in [3.8, 4) is 0 Å². The summed E-state index contributed by atoms with van der Waals surface area (Å²) >= 11 is 0. The molecule has 1 amide bonds. The molecular weight excluding hydrogens is 258 g/mol. The van der Waals surface area contributed by atoms with E-state index in [0.29, 0.717) is 30.7 Å². The van der Waals surface area contributed by atoms with Crippen molar-refractivity contribution in [1.29, 1.82) is 0 Å². The minimum absolute atomic E-state index is 0.0325. The molecule has 2 aromatic rings. The molecule has 2 rings (SSSR count). The van der Waals surface area contributed by atoms with E-state index in [9.17, 15) is 9.59 Å². The second-order valence-electron chi connectivity index (χ2n) is 4.24. The fourth-order valence-electron chi connectivity index (χ4n) is 1.80. The van der Waals surface area contributed by atoms with Gasteiger partial charge >= 0.3 is 0 Å². The summed E-state index contributed by atoms with van der Waals surface area (Å²) in [6, 6.07) is 6.91. The highest BCUT2D eigenvalue weighted by Crippen LogP contribution is 2.05. The highest BCUT2D eigenvalue weighted by Gasteiger charge is 2.10. The summed E-state index contributed by atoms with van der Waals surface area (Å²) in [4.78, 5) is 30.4. The number of fused-ring (bicyclic) bond motifs is 1. The summed E-state index contributed by atoms with van der Waals surface area (Å²) in [5.41, 5.74) is 0.200. The van der Waals surface area contributed by atoms with E-state index in [0.717, 1.165) is 6.42 Å². The lowest BCUT2D eigenvalue weighted by Crippen LogP contribution is -2.29. The van der Waals surface area contributed by atoms with Crippen LogP contribution in [0.15, 0.2) is 29.1 Å². The number of H-pyrrole nitrogens is 1. The lowest BCUT2D eigenvalue weighted by Gasteiger charge is -2.05. The SMILES string of the molecule is CCOCCCNC(=O)c1nc2ccccc2c(=O)[nH]1. The molecule has 0 aliphatic heterocycles. The van der Waals surface area contributed by atoms with Crippen LogP contribution in [0.5, 0.6) is 0 Å². The summed E-state index contributed by atoms with van der Waals surface area (Å²) in [6.45, 7) is 3.66. The van der Waals surface area contributed by atoms with Gasteiger partial charge in [0.05, 0.1) is 10.9 Å². The molecule has 1 aromatic carbocycles. The Balaban J connectivity index is 2.05. The molecule has 0 aliphatic rings. The van der Waals surface area contributed by atoms with Gasteiger partial charge in [-0.2, -0.15) is 0 Å². The zero-order valence-electron chi connectivity index (χ0n) is 11.3. The van der Waals surface area contributed by atoms with Gasteiger partial charge in [0.15, 0.2) is 5.82 Å². The van der Waals surface area contributed by atoms with Crippen molar-refractivity contribution < 1.29 is 9.53 Å². The normalized spacial score (nSPS) is 10.7. The van der Waals surface area contributed by atoms with Gasteiger partial charge in [0.2, 0.25) is 0 Å². The van der Waals surface area contributed by atoms with Crippen LogP contribution < -0.4 is 10.9 Å². The third-order valence-electron chi connectivity index (χ3n) is 2.78. The van der Waals surface area contributed by atoms with Crippen LogP contribution in [0.3, 0.4) is 0 Å². The van der Waals surface area contributed by atoms with Gasteiger partial charge in [-0.05, 0) is 25.5 Å². The number of ether oxygens (including phenoxy) is 1. The molecule has 0 radical (unpaired) electrons. The Bertz CT molecular complexity index is 651. The number of aromatic amines is 1. The van der Waals surface area contributed by atoms with E-state index in [1.807, 2.05) is 6.92 Å². The van der Waals surface area contributed by atoms with E-state index in [1.54, 1.807) is 24.3 Å². The van der Waals surface area contributed by atoms with Crippen LogP contribution in [0, 0.1) is 0 Å². The number of hydrogen-bond acceptors (Lipinski definition) is 4. The molecule has 1 aromatic heterocycles. The quantitative estimate of drug-likeness (QED) is 0.773. The molecule has 0 saturated carbocycles. The molecule has 0 aliphatic carbocycles. The molecule has 0 fully saturated rings. The average Bonchev–Trinajstić information content (AvgIpc) is 2.47. The number of nitrogens with one attached hydrogen (secondary N) is 2. The summed E-state index contributed by atoms with van der Waals surface area (Å²) in [5, 5.41) is 3.17. The first-order chi connectivity index (χ1) is 9.72. The molecule has 6 nitrogen and oxygen atoms in total. The highest BCUT2D eigenvalue weighted by atomic mass is 16.5. The first kappa shape index (κ1) is 14.2. The Hall–Kier alpha value is -2.21. The zero-order chi connectivity index (χ0) is 14.4. The third kappa shape index (κ3) is 3.42. The number of benzene rings is 1. The number of hydrogen-bond donors (Lipinski definition) is 2. The van der Waals surface area contributed by atoms with Crippen LogP contribution >= 0.6 is 0 Å². The van der Waals surface area contributed by atoms with E-state index in [-0.39, 0.29) is 17.3 Å². The Labute approximate surface area is 116 Å². The Morgan fingerprint density at radius 1 is 1.40 bits per heavy atom. The van der Waals surface area contributed by atoms with Gasteiger partial charge in [-0.1, -0.05) is 12.1 Å².